The summed E-state index contributed by atoms with van der Waals surface area (Å²) in [6.45, 7) is 22.8. The third kappa shape index (κ3) is 21.8. The molecule has 4 nitrogen and oxygen atoms in total. The van der Waals surface area contributed by atoms with Crippen LogP contribution >= 0.6 is 7.81 Å². The van der Waals surface area contributed by atoms with Crippen LogP contribution in [0.15, 0.2) is 30.8 Å². The number of nitrogens with one attached hydrogen (secondary N) is 1. The first-order valence-corrected chi connectivity index (χ1v) is 17.3. The van der Waals surface area contributed by atoms with Crippen molar-refractivity contribution in [3.05, 3.63) is 42.0 Å². The van der Waals surface area contributed by atoms with Crippen LogP contribution in [0.5, 0.6) is 0 Å². The Morgan fingerprint density at radius 1 is 0.833 bits per heavy atom. The van der Waals surface area contributed by atoms with Crippen molar-refractivity contribution in [1.29, 1.82) is 0 Å². The fourth-order valence-electron chi connectivity index (χ4n) is 4.76. The molecule has 0 saturated carbocycles. The number of halogens is 6. The van der Waals surface area contributed by atoms with Crippen LogP contribution in [0.4, 0.5) is 30.0 Å². The number of benzene rings is 1. The number of alkyl carbamates (subject to hydrolysis) is 1. The van der Waals surface area contributed by atoms with Gasteiger partial charge in [-0.3, -0.25) is 0 Å². The average Bonchev–Trinajstić information content (AvgIpc) is 2.86. The second kappa shape index (κ2) is 16.9. The van der Waals surface area contributed by atoms with Gasteiger partial charge in [0.25, 0.3) is 0 Å². The average molecular weight is 633 g/mol. The van der Waals surface area contributed by atoms with E-state index in [-0.39, 0.29) is 6.09 Å². The molecule has 11 heteroatoms. The Kier molecular flexibility index (Phi) is 16.2. The number of amides is 1. The Balaban J connectivity index is 0.00000212. The van der Waals surface area contributed by atoms with Crippen LogP contribution in [0.25, 0.3) is 5.57 Å². The molecule has 0 aliphatic heterocycles. The minimum atomic E-state index is -10.7. The molecule has 0 atom stereocenters. The second-order valence-corrected chi connectivity index (χ2v) is 13.8. The predicted molar refractivity (Wildman–Crippen MR) is 165 cm³/mol. The summed E-state index contributed by atoms with van der Waals surface area (Å²) in [6, 6.07) is 8.17. The molecular formula is C31H55F6N2O2P. The van der Waals surface area contributed by atoms with E-state index in [1.165, 1.54) is 82.0 Å². The van der Waals surface area contributed by atoms with E-state index in [9.17, 15) is 30.0 Å². The van der Waals surface area contributed by atoms with E-state index in [1.54, 1.807) is 0 Å². The molecule has 0 aromatic heterocycles. The van der Waals surface area contributed by atoms with Crippen LogP contribution in [0.1, 0.15) is 117 Å². The standard InChI is InChI=1S/C31H54N2O2.F6P/c1-8-11-21-33(22-12-9-2,23-13-10-3)24-16-14-15-17-25-35-30(34)32-31(6,7)29-20-18-19-28(26-29)27(4)5;1-7(2,3,4,5)6/h18-20,26H,4,8-17,21-25H2,1-3,5-7H3;/q;-1/p+1. The number of unbranched alkanes of at least 4 members (excludes halogenated alkanes) is 6. The van der Waals surface area contributed by atoms with Crippen molar-refractivity contribution in [3.63, 3.8) is 0 Å². The van der Waals surface area contributed by atoms with Crippen molar-refractivity contribution < 1.29 is 39.2 Å². The van der Waals surface area contributed by atoms with Gasteiger partial charge in [-0.1, -0.05) is 70.4 Å². The van der Waals surface area contributed by atoms with Gasteiger partial charge in [-0.15, -0.1) is 0 Å². The van der Waals surface area contributed by atoms with Gasteiger partial charge < -0.3 is 14.5 Å². The summed E-state index contributed by atoms with van der Waals surface area (Å²) < 4.78 is 66.0. The summed E-state index contributed by atoms with van der Waals surface area (Å²) >= 11 is 0. The molecule has 0 heterocycles. The zero-order valence-electron chi connectivity index (χ0n) is 26.6. The number of nitrogens with zero attached hydrogens (tertiary/aromatic N) is 1. The van der Waals surface area contributed by atoms with Crippen molar-refractivity contribution in [2.24, 2.45) is 0 Å². The van der Waals surface area contributed by atoms with E-state index >= 15 is 0 Å². The third-order valence-corrected chi connectivity index (χ3v) is 7.21. The zero-order chi connectivity index (χ0) is 32.6. The van der Waals surface area contributed by atoms with Crippen LogP contribution in [-0.2, 0) is 10.3 Å². The van der Waals surface area contributed by atoms with Gasteiger partial charge in [-0.05, 0) is 82.9 Å². The van der Waals surface area contributed by atoms with Gasteiger partial charge in [0.2, 0.25) is 0 Å². The number of quaternary nitrogens is 1. The molecular weight excluding hydrogens is 577 g/mol. The van der Waals surface area contributed by atoms with Crippen LogP contribution < -0.4 is 5.32 Å². The summed E-state index contributed by atoms with van der Waals surface area (Å²) in [5, 5.41) is 3.03. The van der Waals surface area contributed by atoms with Crippen LogP contribution in [0.2, 0.25) is 0 Å². The fourth-order valence-corrected chi connectivity index (χ4v) is 4.76. The molecule has 1 aromatic carbocycles. The summed E-state index contributed by atoms with van der Waals surface area (Å²) in [5.41, 5.74) is 2.65. The molecule has 1 aromatic rings. The van der Waals surface area contributed by atoms with Gasteiger partial charge in [-0.2, -0.15) is 0 Å². The Morgan fingerprint density at radius 3 is 1.74 bits per heavy atom. The number of carbonyl (C=O) groups is 1. The Hall–Kier alpha value is -1.80. The molecule has 1 N–H and O–H groups in total. The van der Waals surface area contributed by atoms with Crippen molar-refractivity contribution >= 4 is 19.5 Å². The Morgan fingerprint density at radius 2 is 1.29 bits per heavy atom. The molecule has 0 saturated heterocycles. The topological polar surface area (TPSA) is 38.3 Å². The van der Waals surface area contributed by atoms with Gasteiger partial charge in [0, 0.05) is 0 Å². The van der Waals surface area contributed by atoms with E-state index < -0.39 is 13.3 Å². The summed E-state index contributed by atoms with van der Waals surface area (Å²) in [4.78, 5) is 12.4. The van der Waals surface area contributed by atoms with Gasteiger partial charge in [0.1, 0.15) is 0 Å². The quantitative estimate of drug-likeness (QED) is 0.0713. The SMILES string of the molecule is C=C(C)c1cccc(C(C)(C)NC(=O)OCCCCCC[N+](CCCC)(CCCC)CCCC)c1.F[P-](F)(F)(F)(F)F. The molecule has 0 bridgehead atoms. The number of carbonyl (C=O) groups excluding carboxylic acids is 1. The van der Waals surface area contributed by atoms with E-state index in [4.69, 9.17) is 4.74 Å². The second-order valence-electron chi connectivity index (χ2n) is 11.9. The first-order valence-electron chi connectivity index (χ1n) is 15.3. The first-order chi connectivity index (χ1) is 19.1. The van der Waals surface area contributed by atoms with Gasteiger partial charge in [-0.25, -0.2) is 4.79 Å². The predicted octanol–water partition coefficient (Wildman–Crippen LogP) is 11.8. The summed E-state index contributed by atoms with van der Waals surface area (Å²) in [6.07, 6.45) is 12.1. The number of hydrogen-bond donors (Lipinski definition) is 1. The van der Waals surface area contributed by atoms with Crippen LogP contribution in [0, 0.1) is 0 Å². The van der Waals surface area contributed by atoms with E-state index in [0.717, 1.165) is 29.5 Å². The van der Waals surface area contributed by atoms with Crippen LogP contribution in [0.3, 0.4) is 0 Å². The molecule has 42 heavy (non-hydrogen) atoms. The summed E-state index contributed by atoms with van der Waals surface area (Å²) in [7, 11) is -10.7. The molecule has 0 aliphatic rings. The number of hydrogen-bond acceptors (Lipinski definition) is 2. The van der Waals surface area contributed by atoms with Crippen molar-refractivity contribution in [3.8, 4) is 0 Å². The van der Waals surface area contributed by atoms with E-state index in [2.05, 4.69) is 38.7 Å². The number of rotatable bonds is 19. The maximum atomic E-state index is 12.4. The molecule has 1 rings (SSSR count). The normalized spacial score (nSPS) is 13.8. The van der Waals surface area contributed by atoms with Gasteiger partial charge in [0.15, 0.2) is 0 Å². The van der Waals surface area contributed by atoms with E-state index in [0.29, 0.717) is 6.61 Å². The van der Waals surface area contributed by atoms with Gasteiger partial charge >= 0.3 is 39.1 Å². The maximum absolute atomic E-state index is 12.4. The van der Waals surface area contributed by atoms with Crippen molar-refractivity contribution in [2.45, 2.75) is 111 Å². The fraction of sp³-hybridized carbons (Fsp3) is 0.710. The Labute approximate surface area is 250 Å². The molecule has 0 spiro atoms. The van der Waals surface area contributed by atoms with Crippen molar-refractivity contribution in [1.82, 2.24) is 5.32 Å². The molecule has 248 valence electrons. The molecule has 0 unspecified atom stereocenters. The van der Waals surface area contributed by atoms with Crippen molar-refractivity contribution in [2.75, 3.05) is 32.8 Å². The monoisotopic (exact) mass is 632 g/mol. The summed E-state index contributed by atoms with van der Waals surface area (Å²) in [5.74, 6) is 0. The van der Waals surface area contributed by atoms with Gasteiger partial charge in [0.05, 0.1) is 38.3 Å². The van der Waals surface area contributed by atoms with Crippen LogP contribution in [-0.4, -0.2) is 43.4 Å². The Bertz CT molecular complexity index is 920. The molecule has 0 aliphatic carbocycles. The zero-order valence-corrected chi connectivity index (χ0v) is 27.5. The minimum absolute atomic E-state index is 0.342. The number of ether oxygens (including phenoxy) is 1. The molecule has 1 amide bonds. The molecule has 0 fully saturated rings. The third-order valence-electron chi connectivity index (χ3n) is 7.21. The number of allylic oxidation sites excluding steroid dienone is 1. The van der Waals surface area contributed by atoms with E-state index in [1.807, 2.05) is 39.0 Å². The first kappa shape index (κ1) is 40.2. The molecule has 0 radical (unpaired) electrons.